The van der Waals surface area contributed by atoms with Crippen molar-refractivity contribution in [2.75, 3.05) is 0 Å². The Balaban J connectivity index is -0.000000772. The lowest BCUT2D eigenvalue weighted by Crippen LogP contribution is -2.10. The number of ketones is 1. The van der Waals surface area contributed by atoms with Crippen LogP contribution in [-0.2, 0) is 4.79 Å². The van der Waals surface area contributed by atoms with Crippen LogP contribution < -0.4 is 5.84 Å². The minimum absolute atomic E-state index is 0. The van der Waals surface area contributed by atoms with Crippen LogP contribution in [0.4, 0.5) is 0 Å². The summed E-state index contributed by atoms with van der Waals surface area (Å²) in [5.41, 5.74) is 0.907. The van der Waals surface area contributed by atoms with Gasteiger partial charge >= 0.3 is 0 Å². The summed E-state index contributed by atoms with van der Waals surface area (Å²) in [6.07, 6.45) is 18.2. The Bertz CT molecular complexity index is 299. The molecule has 0 aliphatic heterocycles. The van der Waals surface area contributed by atoms with Gasteiger partial charge < -0.3 is 5.84 Å². The van der Waals surface area contributed by atoms with E-state index in [4.69, 9.17) is 5.84 Å². The first-order chi connectivity index (χ1) is 12.0. The summed E-state index contributed by atoms with van der Waals surface area (Å²) in [5, 5.41) is 3.31. The zero-order valence-electron chi connectivity index (χ0n) is 18.3. The highest BCUT2D eigenvalue weighted by Crippen LogP contribution is 2.20. The second kappa shape index (κ2) is 24.9. The molecule has 0 aromatic carbocycles. The fourth-order valence-corrected chi connectivity index (χ4v) is 2.89. The SMILES string of the molecule is CC(C)=NN.CCCCCCCCC(CCCCCCCC)C(C)=O.I. The number of hydrazone groups is 1. The number of nitrogens with zero attached hydrogens (tertiary/aromatic N) is 1. The highest BCUT2D eigenvalue weighted by molar-refractivity contribution is 14.0. The molecular formula is C22H47IN2O. The highest BCUT2D eigenvalue weighted by Gasteiger charge is 2.13. The van der Waals surface area contributed by atoms with Crippen LogP contribution in [0.5, 0.6) is 0 Å². The molecule has 0 spiro atoms. The number of unbranched alkanes of at least 4 members (excludes halogenated alkanes) is 10. The van der Waals surface area contributed by atoms with Crippen LogP contribution in [-0.4, -0.2) is 11.5 Å². The molecule has 0 heterocycles. The summed E-state index contributed by atoms with van der Waals surface area (Å²) in [7, 11) is 0. The lowest BCUT2D eigenvalue weighted by molar-refractivity contribution is -0.121. The molecule has 0 aliphatic rings. The molecule has 4 heteroatoms. The molecule has 0 atom stereocenters. The van der Waals surface area contributed by atoms with Gasteiger partial charge in [-0.25, -0.2) is 0 Å². The third kappa shape index (κ3) is 26.1. The van der Waals surface area contributed by atoms with Crippen molar-refractivity contribution in [1.29, 1.82) is 0 Å². The summed E-state index contributed by atoms with van der Waals surface area (Å²) in [6.45, 7) is 10.00. The molecule has 0 radical (unpaired) electrons. The van der Waals surface area contributed by atoms with E-state index in [1.165, 1.54) is 77.0 Å². The van der Waals surface area contributed by atoms with Crippen molar-refractivity contribution >= 4 is 35.5 Å². The van der Waals surface area contributed by atoms with Gasteiger partial charge in [-0.3, -0.25) is 4.79 Å². The van der Waals surface area contributed by atoms with Crippen molar-refractivity contribution in [3.05, 3.63) is 0 Å². The van der Waals surface area contributed by atoms with Crippen LogP contribution in [0.1, 0.15) is 125 Å². The third-order valence-corrected chi connectivity index (χ3v) is 4.65. The molecule has 0 saturated heterocycles. The first-order valence-corrected chi connectivity index (χ1v) is 10.7. The van der Waals surface area contributed by atoms with Crippen molar-refractivity contribution in [1.82, 2.24) is 0 Å². The minimum atomic E-state index is 0. The Morgan fingerprint density at radius 2 is 1.04 bits per heavy atom. The van der Waals surface area contributed by atoms with Crippen molar-refractivity contribution in [3.63, 3.8) is 0 Å². The van der Waals surface area contributed by atoms with E-state index in [2.05, 4.69) is 18.9 Å². The Hall–Kier alpha value is -0.130. The maximum absolute atomic E-state index is 11.7. The average Bonchev–Trinajstić information content (AvgIpc) is 2.59. The molecule has 26 heavy (non-hydrogen) atoms. The zero-order valence-corrected chi connectivity index (χ0v) is 20.6. The molecule has 0 aliphatic carbocycles. The van der Waals surface area contributed by atoms with Crippen LogP contribution in [0.2, 0.25) is 0 Å². The van der Waals surface area contributed by atoms with E-state index in [0.717, 1.165) is 18.6 Å². The molecule has 0 aromatic heterocycles. The van der Waals surface area contributed by atoms with Gasteiger partial charge in [-0.05, 0) is 33.6 Å². The van der Waals surface area contributed by atoms with Gasteiger partial charge in [-0.15, -0.1) is 24.0 Å². The van der Waals surface area contributed by atoms with E-state index >= 15 is 0 Å². The zero-order chi connectivity index (χ0) is 19.3. The molecule has 158 valence electrons. The van der Waals surface area contributed by atoms with Gasteiger partial charge in [0.05, 0.1) is 0 Å². The van der Waals surface area contributed by atoms with Crippen molar-refractivity contribution in [2.24, 2.45) is 16.9 Å². The monoisotopic (exact) mass is 482 g/mol. The van der Waals surface area contributed by atoms with Gasteiger partial charge in [-0.2, -0.15) is 5.10 Å². The molecule has 3 nitrogen and oxygen atoms in total. The number of hydrogen-bond acceptors (Lipinski definition) is 3. The standard InChI is InChI=1S/C19H38O.C3H8N2.HI/c1-4-6-8-10-12-14-16-19(18(3)20)17-15-13-11-9-7-5-2;1-3(2)5-4;/h19H,4-17H2,1-3H3;4H2,1-2H3;1H. The van der Waals surface area contributed by atoms with Crippen molar-refractivity contribution in [3.8, 4) is 0 Å². The molecule has 0 bridgehead atoms. The van der Waals surface area contributed by atoms with Crippen LogP contribution >= 0.6 is 24.0 Å². The van der Waals surface area contributed by atoms with E-state index in [1.807, 2.05) is 13.8 Å². The first-order valence-electron chi connectivity index (χ1n) is 10.7. The average molecular weight is 483 g/mol. The second-order valence-corrected chi connectivity index (χ2v) is 7.50. The molecule has 0 aromatic rings. The van der Waals surface area contributed by atoms with Gasteiger partial charge in [0.1, 0.15) is 5.78 Å². The maximum atomic E-state index is 11.7. The number of nitrogens with two attached hydrogens (primary N) is 1. The molecule has 0 fully saturated rings. The predicted molar refractivity (Wildman–Crippen MR) is 129 cm³/mol. The number of hydrogen-bond donors (Lipinski definition) is 1. The number of carbonyl (C=O) groups is 1. The molecular weight excluding hydrogens is 435 g/mol. The first kappa shape index (κ1) is 30.6. The number of carbonyl (C=O) groups excluding carboxylic acids is 1. The summed E-state index contributed by atoms with van der Waals surface area (Å²) in [4.78, 5) is 11.7. The molecule has 0 amide bonds. The van der Waals surface area contributed by atoms with Crippen LogP contribution in [0, 0.1) is 5.92 Å². The summed E-state index contributed by atoms with van der Waals surface area (Å²) in [6, 6.07) is 0. The Kier molecular flexibility index (Phi) is 29.3. The smallest absolute Gasteiger partial charge is 0.132 e. The van der Waals surface area contributed by atoms with Gasteiger partial charge in [0, 0.05) is 11.6 Å². The maximum Gasteiger partial charge on any atom is 0.132 e. The van der Waals surface area contributed by atoms with Gasteiger partial charge in [-0.1, -0.05) is 90.9 Å². The fraction of sp³-hybridized carbons (Fsp3) is 0.909. The minimum Gasteiger partial charge on any atom is -0.323 e. The largest absolute Gasteiger partial charge is 0.323 e. The second-order valence-electron chi connectivity index (χ2n) is 7.50. The normalized spacial score (nSPS) is 9.92. The van der Waals surface area contributed by atoms with E-state index < -0.39 is 0 Å². The Labute approximate surface area is 181 Å². The van der Waals surface area contributed by atoms with Crippen LogP contribution in [0.25, 0.3) is 0 Å². The van der Waals surface area contributed by atoms with Crippen LogP contribution in [0.15, 0.2) is 5.10 Å². The third-order valence-electron chi connectivity index (χ3n) is 4.65. The van der Waals surface area contributed by atoms with Gasteiger partial charge in [0.25, 0.3) is 0 Å². The van der Waals surface area contributed by atoms with Crippen molar-refractivity contribution < 1.29 is 4.79 Å². The molecule has 0 unspecified atom stereocenters. The number of Topliss-reactive ketones (excluding diaryl/α,β-unsaturated/α-hetero) is 1. The quantitative estimate of drug-likeness (QED) is 0.0857. The van der Waals surface area contributed by atoms with E-state index in [1.54, 1.807) is 6.92 Å². The molecule has 0 rings (SSSR count). The summed E-state index contributed by atoms with van der Waals surface area (Å²) >= 11 is 0. The Morgan fingerprint density at radius 3 is 1.31 bits per heavy atom. The van der Waals surface area contributed by atoms with E-state index in [9.17, 15) is 4.79 Å². The lowest BCUT2D eigenvalue weighted by atomic mass is 9.91. The lowest BCUT2D eigenvalue weighted by Gasteiger charge is -2.13. The van der Waals surface area contributed by atoms with E-state index in [0.29, 0.717) is 11.7 Å². The number of halogens is 1. The summed E-state index contributed by atoms with van der Waals surface area (Å²) < 4.78 is 0. The fourth-order valence-electron chi connectivity index (χ4n) is 2.89. The predicted octanol–water partition coefficient (Wildman–Crippen LogP) is 7.65. The highest BCUT2D eigenvalue weighted by atomic mass is 127. The molecule has 2 N–H and O–H groups in total. The summed E-state index contributed by atoms with van der Waals surface area (Å²) in [5.74, 6) is 5.54. The topological polar surface area (TPSA) is 55.4 Å². The van der Waals surface area contributed by atoms with Crippen LogP contribution in [0.3, 0.4) is 0 Å². The van der Waals surface area contributed by atoms with Gasteiger partial charge in [0.15, 0.2) is 0 Å². The van der Waals surface area contributed by atoms with E-state index in [-0.39, 0.29) is 24.0 Å². The Morgan fingerprint density at radius 1 is 0.731 bits per heavy atom. The molecule has 0 saturated carbocycles. The van der Waals surface area contributed by atoms with Gasteiger partial charge in [0.2, 0.25) is 0 Å². The number of rotatable bonds is 15. The van der Waals surface area contributed by atoms with Crippen molar-refractivity contribution in [2.45, 2.75) is 125 Å².